The molecular weight excluding hydrogens is 421 g/mol. The molecule has 2 heterocycles. The van der Waals surface area contributed by atoms with Crippen molar-refractivity contribution in [2.24, 2.45) is 5.92 Å². The third kappa shape index (κ3) is 4.71. The van der Waals surface area contributed by atoms with E-state index in [1.165, 1.54) is 35.6 Å². The van der Waals surface area contributed by atoms with Crippen LogP contribution in [0.3, 0.4) is 0 Å². The number of carboxylic acid groups (broad SMARTS) is 1. The molecule has 0 radical (unpaired) electrons. The molecule has 3 aromatic rings. The van der Waals surface area contributed by atoms with E-state index in [9.17, 15) is 18.8 Å². The fraction of sp³-hybridized carbons (Fsp3) is 0.409. The van der Waals surface area contributed by atoms with Gasteiger partial charge in [0, 0.05) is 0 Å². The molecule has 1 aliphatic carbocycles. The van der Waals surface area contributed by atoms with Gasteiger partial charge in [0.15, 0.2) is 5.78 Å². The minimum absolute atomic E-state index is 0.0617. The van der Waals surface area contributed by atoms with Crippen molar-refractivity contribution in [1.82, 2.24) is 14.5 Å². The SMILES string of the molecule is O=C(O)c1cnc(CC(=O)C(CC2CCCCC2)n2cnc3ccc(F)cc3c2=O)s1. The van der Waals surface area contributed by atoms with E-state index in [2.05, 4.69) is 9.97 Å². The number of hydrogen-bond acceptors (Lipinski definition) is 6. The number of fused-ring (bicyclic) bond motifs is 1. The van der Waals surface area contributed by atoms with Crippen molar-refractivity contribution in [3.05, 3.63) is 56.8 Å². The summed E-state index contributed by atoms with van der Waals surface area (Å²) in [6.07, 6.45) is 8.37. The van der Waals surface area contributed by atoms with E-state index in [1.807, 2.05) is 0 Å². The highest BCUT2D eigenvalue weighted by molar-refractivity contribution is 7.13. The van der Waals surface area contributed by atoms with Crippen molar-refractivity contribution >= 4 is 34.0 Å². The summed E-state index contributed by atoms with van der Waals surface area (Å²) in [6, 6.07) is 3.07. The topological polar surface area (TPSA) is 102 Å². The number of Topliss-reactive ketones (excluding diaryl/α,β-unsaturated/α-hetero) is 1. The lowest BCUT2D eigenvalue weighted by atomic mass is 9.83. The Kier molecular flexibility index (Phi) is 6.22. The van der Waals surface area contributed by atoms with Crippen molar-refractivity contribution in [3.8, 4) is 0 Å². The minimum Gasteiger partial charge on any atom is -0.477 e. The smallest absolute Gasteiger partial charge is 0.347 e. The molecule has 162 valence electrons. The fourth-order valence-corrected chi connectivity index (χ4v) is 4.99. The lowest BCUT2D eigenvalue weighted by Crippen LogP contribution is -2.33. The van der Waals surface area contributed by atoms with Crippen LogP contribution in [0.1, 0.15) is 59.2 Å². The zero-order chi connectivity index (χ0) is 22.0. The van der Waals surface area contributed by atoms with Crippen LogP contribution in [0.15, 0.2) is 35.5 Å². The highest BCUT2D eigenvalue weighted by Gasteiger charge is 2.28. The Morgan fingerprint density at radius 3 is 2.71 bits per heavy atom. The summed E-state index contributed by atoms with van der Waals surface area (Å²) in [7, 11) is 0. The maximum Gasteiger partial charge on any atom is 0.347 e. The Morgan fingerprint density at radius 2 is 2.00 bits per heavy atom. The van der Waals surface area contributed by atoms with Crippen LogP contribution in [0.2, 0.25) is 0 Å². The number of carboxylic acids is 1. The van der Waals surface area contributed by atoms with Gasteiger partial charge in [0.2, 0.25) is 0 Å². The predicted octanol–water partition coefficient (Wildman–Crippen LogP) is 4.01. The zero-order valence-electron chi connectivity index (χ0n) is 16.8. The van der Waals surface area contributed by atoms with Gasteiger partial charge in [-0.3, -0.25) is 14.2 Å². The highest BCUT2D eigenvalue weighted by atomic mass is 32.1. The molecule has 0 amide bonds. The molecule has 7 nitrogen and oxygen atoms in total. The van der Waals surface area contributed by atoms with E-state index in [0.717, 1.165) is 43.1 Å². The molecule has 31 heavy (non-hydrogen) atoms. The number of carbonyl (C=O) groups is 2. The van der Waals surface area contributed by atoms with Crippen LogP contribution in [0.5, 0.6) is 0 Å². The second-order valence-corrected chi connectivity index (χ2v) is 9.06. The fourth-order valence-electron chi connectivity index (χ4n) is 4.23. The van der Waals surface area contributed by atoms with Crippen molar-refractivity contribution in [1.29, 1.82) is 0 Å². The molecule has 1 aromatic carbocycles. The standard InChI is InChI=1S/C22H22FN3O4S/c23-14-6-7-16-15(9-14)21(28)26(12-25-16)17(8-13-4-2-1-3-5-13)18(27)10-20-24-11-19(31-20)22(29)30/h6-7,9,11-13,17H,1-5,8,10H2,(H,29,30). The van der Waals surface area contributed by atoms with Gasteiger partial charge in [-0.05, 0) is 30.5 Å². The first-order valence-corrected chi connectivity index (χ1v) is 11.1. The number of benzene rings is 1. The summed E-state index contributed by atoms with van der Waals surface area (Å²) in [5, 5.41) is 9.62. The maximum atomic E-state index is 13.7. The second kappa shape index (κ2) is 9.05. The number of halogens is 1. The van der Waals surface area contributed by atoms with Crippen molar-refractivity contribution in [2.45, 2.75) is 51.0 Å². The van der Waals surface area contributed by atoms with Crippen LogP contribution in [-0.4, -0.2) is 31.4 Å². The van der Waals surface area contributed by atoms with Crippen molar-refractivity contribution < 1.29 is 19.1 Å². The van der Waals surface area contributed by atoms with Gasteiger partial charge in [0.05, 0.1) is 35.9 Å². The quantitative estimate of drug-likeness (QED) is 0.592. The molecular formula is C22H22FN3O4S. The molecule has 1 aliphatic rings. The molecule has 4 rings (SSSR count). The summed E-state index contributed by atoms with van der Waals surface area (Å²) < 4.78 is 15.0. The highest BCUT2D eigenvalue weighted by Crippen LogP contribution is 2.31. The van der Waals surface area contributed by atoms with Crippen LogP contribution < -0.4 is 5.56 Å². The first-order chi connectivity index (χ1) is 14.9. The Bertz CT molecular complexity index is 1180. The van der Waals surface area contributed by atoms with Gasteiger partial charge in [-0.15, -0.1) is 11.3 Å². The van der Waals surface area contributed by atoms with E-state index in [4.69, 9.17) is 5.11 Å². The van der Waals surface area contributed by atoms with E-state index in [-0.39, 0.29) is 22.5 Å². The third-order valence-electron chi connectivity index (χ3n) is 5.82. The molecule has 9 heteroatoms. The van der Waals surface area contributed by atoms with E-state index in [1.54, 1.807) is 0 Å². The van der Waals surface area contributed by atoms with Gasteiger partial charge >= 0.3 is 5.97 Å². The van der Waals surface area contributed by atoms with Gasteiger partial charge < -0.3 is 5.11 Å². The summed E-state index contributed by atoms with van der Waals surface area (Å²) in [4.78, 5) is 45.9. The first kappa shape index (κ1) is 21.3. The summed E-state index contributed by atoms with van der Waals surface area (Å²) >= 11 is 0.953. The zero-order valence-corrected chi connectivity index (χ0v) is 17.6. The summed E-state index contributed by atoms with van der Waals surface area (Å²) in [5.74, 6) is -1.55. The number of rotatable bonds is 7. The van der Waals surface area contributed by atoms with Crippen molar-refractivity contribution in [2.75, 3.05) is 0 Å². The largest absolute Gasteiger partial charge is 0.477 e. The maximum absolute atomic E-state index is 13.7. The second-order valence-electron chi connectivity index (χ2n) is 7.94. The molecule has 1 atom stereocenters. The van der Waals surface area contributed by atoms with Gasteiger partial charge in [-0.2, -0.15) is 0 Å². The summed E-state index contributed by atoms with van der Waals surface area (Å²) in [5.41, 5.74) is -0.0819. The molecule has 1 unspecified atom stereocenters. The molecule has 0 aliphatic heterocycles. The predicted molar refractivity (Wildman–Crippen MR) is 114 cm³/mol. The Balaban J connectivity index is 1.68. The Labute approximate surface area is 181 Å². The molecule has 0 bridgehead atoms. The number of nitrogens with zero attached hydrogens (tertiary/aromatic N) is 3. The lowest BCUT2D eigenvalue weighted by Gasteiger charge is -2.27. The molecule has 1 N–H and O–H groups in total. The number of carbonyl (C=O) groups excluding carboxylic acids is 1. The average Bonchev–Trinajstić information content (AvgIpc) is 3.23. The lowest BCUT2D eigenvalue weighted by molar-refractivity contribution is -0.122. The van der Waals surface area contributed by atoms with Crippen LogP contribution in [0.4, 0.5) is 4.39 Å². The molecule has 1 saturated carbocycles. The summed E-state index contributed by atoms with van der Waals surface area (Å²) in [6.45, 7) is 0. The monoisotopic (exact) mass is 443 g/mol. The van der Waals surface area contributed by atoms with Crippen molar-refractivity contribution in [3.63, 3.8) is 0 Å². The van der Waals surface area contributed by atoms with Crippen LogP contribution in [0, 0.1) is 11.7 Å². The van der Waals surface area contributed by atoms with Gasteiger partial charge in [-0.25, -0.2) is 19.2 Å². The molecule has 0 saturated heterocycles. The Morgan fingerprint density at radius 1 is 1.23 bits per heavy atom. The van der Waals surface area contributed by atoms with E-state index < -0.39 is 23.4 Å². The van der Waals surface area contributed by atoms with Gasteiger partial charge in [0.1, 0.15) is 15.7 Å². The normalized spacial score (nSPS) is 15.8. The van der Waals surface area contributed by atoms with Gasteiger partial charge in [-0.1, -0.05) is 32.1 Å². The minimum atomic E-state index is -1.09. The van der Waals surface area contributed by atoms with E-state index in [0.29, 0.717) is 22.9 Å². The third-order valence-corrected chi connectivity index (χ3v) is 6.81. The van der Waals surface area contributed by atoms with E-state index >= 15 is 0 Å². The molecule has 2 aromatic heterocycles. The number of ketones is 1. The Hall–Kier alpha value is -2.94. The number of thiazole rings is 1. The number of aromatic nitrogens is 3. The van der Waals surface area contributed by atoms with Gasteiger partial charge in [0.25, 0.3) is 5.56 Å². The molecule has 1 fully saturated rings. The average molecular weight is 444 g/mol. The molecule has 0 spiro atoms. The first-order valence-electron chi connectivity index (χ1n) is 10.3. The number of hydrogen-bond donors (Lipinski definition) is 1. The number of aromatic carboxylic acids is 1. The van der Waals surface area contributed by atoms with Crippen LogP contribution >= 0.6 is 11.3 Å². The van der Waals surface area contributed by atoms with Crippen LogP contribution in [-0.2, 0) is 11.2 Å². The van der Waals surface area contributed by atoms with Crippen LogP contribution in [0.25, 0.3) is 10.9 Å².